The minimum atomic E-state index is -4.51. The van der Waals surface area contributed by atoms with Crippen LogP contribution in [0.15, 0.2) is 24.4 Å². The van der Waals surface area contributed by atoms with E-state index in [1.807, 2.05) is 17.0 Å². The number of nitrogens with zero attached hydrogens (tertiary/aromatic N) is 7. The number of pyridine rings is 1. The lowest BCUT2D eigenvalue weighted by Crippen LogP contribution is -2.42. The number of hydrogen-bond acceptors (Lipinski definition) is 6. The van der Waals surface area contributed by atoms with Crippen molar-refractivity contribution in [2.24, 2.45) is 5.41 Å². The Bertz CT molecular complexity index is 1180. The van der Waals surface area contributed by atoms with Gasteiger partial charge in [-0.3, -0.25) is 0 Å². The van der Waals surface area contributed by atoms with E-state index in [1.165, 1.54) is 17.8 Å². The van der Waals surface area contributed by atoms with Crippen molar-refractivity contribution in [2.75, 3.05) is 36.0 Å². The van der Waals surface area contributed by atoms with Gasteiger partial charge in [0.2, 0.25) is 0 Å². The predicted octanol–water partition coefficient (Wildman–Crippen LogP) is 4.31. The van der Waals surface area contributed by atoms with Crippen molar-refractivity contribution >= 4 is 22.7 Å². The Morgan fingerprint density at radius 3 is 2.35 bits per heavy atom. The molecule has 0 bridgehead atoms. The van der Waals surface area contributed by atoms with Crippen LogP contribution in [0.2, 0.25) is 0 Å². The van der Waals surface area contributed by atoms with Gasteiger partial charge in [0.05, 0.1) is 6.20 Å². The van der Waals surface area contributed by atoms with Gasteiger partial charge in [0, 0.05) is 37.6 Å². The van der Waals surface area contributed by atoms with Crippen molar-refractivity contribution < 1.29 is 22.0 Å². The van der Waals surface area contributed by atoms with Crippen LogP contribution >= 0.6 is 0 Å². The fourth-order valence-electron chi connectivity index (χ4n) is 4.99. The molecule has 2 fully saturated rings. The summed E-state index contributed by atoms with van der Waals surface area (Å²) in [5, 5.41) is 4.72. The Morgan fingerprint density at radius 2 is 1.68 bits per heavy atom. The van der Waals surface area contributed by atoms with E-state index in [0.717, 1.165) is 44.2 Å². The van der Waals surface area contributed by atoms with E-state index in [-0.39, 0.29) is 11.2 Å². The number of halogens is 5. The molecule has 0 saturated carbocycles. The van der Waals surface area contributed by atoms with Crippen molar-refractivity contribution in [1.82, 2.24) is 24.7 Å². The van der Waals surface area contributed by atoms with Gasteiger partial charge in [0.15, 0.2) is 5.65 Å². The Morgan fingerprint density at radius 1 is 0.971 bits per heavy atom. The van der Waals surface area contributed by atoms with Gasteiger partial charge < -0.3 is 9.80 Å². The fraction of sp³-hybridized carbons (Fsp3) is 0.545. The van der Waals surface area contributed by atoms with Crippen LogP contribution in [-0.2, 0) is 12.7 Å². The topological polar surface area (TPSA) is 63.0 Å². The maximum absolute atomic E-state index is 13.2. The SMILES string of the molecule is Cc1nc(N2CCC3(CCN(c4ccc5cnn(CC(F)F)c5n4)CC3)C2)cc(C(F)(F)F)n1. The summed E-state index contributed by atoms with van der Waals surface area (Å²) in [5.41, 5.74) is -0.488. The lowest BCUT2D eigenvalue weighted by molar-refractivity contribution is -0.141. The Kier molecular flexibility index (Phi) is 5.56. The third-order valence-corrected chi connectivity index (χ3v) is 6.81. The Hall–Kier alpha value is -3.05. The fourth-order valence-corrected chi connectivity index (χ4v) is 4.99. The van der Waals surface area contributed by atoms with Crippen LogP contribution in [0, 0.1) is 12.3 Å². The van der Waals surface area contributed by atoms with Crippen LogP contribution in [0.4, 0.5) is 33.6 Å². The summed E-state index contributed by atoms with van der Waals surface area (Å²) in [5.74, 6) is 1.14. The zero-order chi connectivity index (χ0) is 24.1. The number of aryl methyl sites for hydroxylation is 1. The maximum atomic E-state index is 13.2. The van der Waals surface area contributed by atoms with Gasteiger partial charge in [0.1, 0.15) is 29.7 Å². The molecule has 7 nitrogen and oxygen atoms in total. The highest BCUT2D eigenvalue weighted by Crippen LogP contribution is 2.43. The van der Waals surface area contributed by atoms with Crippen molar-refractivity contribution in [3.63, 3.8) is 0 Å². The average Bonchev–Trinajstić information content (AvgIpc) is 3.37. The minimum absolute atomic E-state index is 0.00466. The van der Waals surface area contributed by atoms with E-state index in [2.05, 4.69) is 25.0 Å². The highest BCUT2D eigenvalue weighted by molar-refractivity contribution is 5.76. The second kappa shape index (κ2) is 8.31. The van der Waals surface area contributed by atoms with Gasteiger partial charge in [-0.2, -0.15) is 18.3 Å². The van der Waals surface area contributed by atoms with Crippen LogP contribution in [0.3, 0.4) is 0 Å². The number of piperidine rings is 1. The molecule has 3 aromatic rings. The zero-order valence-electron chi connectivity index (χ0n) is 18.6. The third-order valence-electron chi connectivity index (χ3n) is 6.81. The standard InChI is InChI=1S/C22H24F5N7/c1-14-29-16(22(25,26)27)10-19(30-14)33-9-6-21(13-33)4-7-32(8-5-21)18-3-2-15-11-28-34(12-17(23)24)20(15)31-18/h2-3,10-11,17H,4-9,12-13H2,1H3. The highest BCUT2D eigenvalue weighted by Gasteiger charge is 2.42. The van der Waals surface area contributed by atoms with Gasteiger partial charge in [-0.15, -0.1) is 0 Å². The number of anilines is 2. The summed E-state index contributed by atoms with van der Waals surface area (Å²) in [6.45, 7) is 3.71. The summed E-state index contributed by atoms with van der Waals surface area (Å²) >= 11 is 0. The van der Waals surface area contributed by atoms with E-state index in [0.29, 0.717) is 29.9 Å². The second-order valence-electron chi connectivity index (χ2n) is 9.12. The van der Waals surface area contributed by atoms with Gasteiger partial charge in [-0.25, -0.2) is 28.4 Å². The first-order valence-corrected chi connectivity index (χ1v) is 11.2. The van der Waals surface area contributed by atoms with Gasteiger partial charge in [-0.05, 0) is 43.7 Å². The molecule has 0 unspecified atom stereocenters. The third kappa shape index (κ3) is 4.37. The van der Waals surface area contributed by atoms with Crippen LogP contribution in [0.25, 0.3) is 11.0 Å². The molecule has 2 aliphatic heterocycles. The predicted molar refractivity (Wildman–Crippen MR) is 116 cm³/mol. The lowest BCUT2D eigenvalue weighted by atomic mass is 9.78. The summed E-state index contributed by atoms with van der Waals surface area (Å²) in [6, 6.07) is 4.74. The molecule has 3 aromatic heterocycles. The molecule has 0 N–H and O–H groups in total. The molecule has 5 heterocycles. The first-order chi connectivity index (χ1) is 16.1. The molecule has 2 saturated heterocycles. The average molecular weight is 481 g/mol. The molecule has 1 spiro atoms. The van der Waals surface area contributed by atoms with E-state index < -0.39 is 24.8 Å². The van der Waals surface area contributed by atoms with Crippen LogP contribution < -0.4 is 9.80 Å². The summed E-state index contributed by atoms with van der Waals surface area (Å²) in [6.07, 6.45) is -2.90. The van der Waals surface area contributed by atoms with Crippen molar-refractivity contribution in [3.05, 3.63) is 35.9 Å². The van der Waals surface area contributed by atoms with E-state index in [4.69, 9.17) is 0 Å². The van der Waals surface area contributed by atoms with Crippen molar-refractivity contribution in [1.29, 1.82) is 0 Å². The molecule has 0 aliphatic carbocycles. The number of hydrogen-bond donors (Lipinski definition) is 0. The van der Waals surface area contributed by atoms with Crippen LogP contribution in [0.1, 0.15) is 30.8 Å². The Balaban J connectivity index is 1.28. The molecular weight excluding hydrogens is 457 g/mol. The lowest BCUT2D eigenvalue weighted by Gasteiger charge is -2.40. The van der Waals surface area contributed by atoms with Crippen LogP contribution in [-0.4, -0.2) is 57.3 Å². The quantitative estimate of drug-likeness (QED) is 0.518. The first kappa shape index (κ1) is 22.7. The molecule has 34 heavy (non-hydrogen) atoms. The number of fused-ring (bicyclic) bond motifs is 1. The monoisotopic (exact) mass is 481 g/mol. The second-order valence-corrected chi connectivity index (χ2v) is 9.12. The van der Waals surface area contributed by atoms with Crippen molar-refractivity contribution in [2.45, 2.75) is 45.3 Å². The van der Waals surface area contributed by atoms with E-state index in [1.54, 1.807) is 0 Å². The van der Waals surface area contributed by atoms with E-state index in [9.17, 15) is 22.0 Å². The molecule has 12 heteroatoms. The van der Waals surface area contributed by atoms with Gasteiger partial charge in [0.25, 0.3) is 6.43 Å². The summed E-state index contributed by atoms with van der Waals surface area (Å²) in [7, 11) is 0. The molecule has 0 atom stereocenters. The smallest absolute Gasteiger partial charge is 0.357 e. The van der Waals surface area contributed by atoms with E-state index >= 15 is 0 Å². The largest absolute Gasteiger partial charge is 0.433 e. The molecule has 182 valence electrons. The zero-order valence-corrected chi connectivity index (χ0v) is 18.6. The summed E-state index contributed by atoms with van der Waals surface area (Å²) < 4.78 is 66.5. The number of aromatic nitrogens is 5. The summed E-state index contributed by atoms with van der Waals surface area (Å²) in [4.78, 5) is 16.4. The maximum Gasteiger partial charge on any atom is 0.433 e. The van der Waals surface area contributed by atoms with Gasteiger partial charge >= 0.3 is 6.18 Å². The molecule has 0 aromatic carbocycles. The highest BCUT2D eigenvalue weighted by atomic mass is 19.4. The van der Waals surface area contributed by atoms with Crippen LogP contribution in [0.5, 0.6) is 0 Å². The normalized spacial score (nSPS) is 18.6. The first-order valence-electron chi connectivity index (χ1n) is 11.2. The minimum Gasteiger partial charge on any atom is -0.357 e. The number of rotatable bonds is 4. The van der Waals surface area contributed by atoms with Gasteiger partial charge in [-0.1, -0.05) is 0 Å². The molecule has 2 aliphatic rings. The molecule has 0 amide bonds. The molecule has 5 rings (SSSR count). The molecular formula is C22H24F5N7. The molecule has 0 radical (unpaired) electrons. The van der Waals surface area contributed by atoms with Crippen molar-refractivity contribution in [3.8, 4) is 0 Å². The Labute approximate surface area is 192 Å². The number of alkyl halides is 5.